The first-order valence-corrected chi connectivity index (χ1v) is 5.62. The van der Waals surface area contributed by atoms with Crippen molar-refractivity contribution < 1.29 is 10.0 Å². The predicted molar refractivity (Wildman–Crippen MR) is 56.5 cm³/mol. The summed E-state index contributed by atoms with van der Waals surface area (Å²) < 4.78 is 0. The van der Waals surface area contributed by atoms with E-state index in [2.05, 4.69) is 10.5 Å². The number of thioether (sulfide) groups is 1. The van der Waals surface area contributed by atoms with Gasteiger partial charge in [0.1, 0.15) is 5.84 Å². The summed E-state index contributed by atoms with van der Waals surface area (Å²) in [7, 11) is 0. The molecule has 0 radical (unpaired) electrons. The molecule has 1 unspecified atom stereocenters. The lowest BCUT2D eigenvalue weighted by Crippen LogP contribution is -2.32. The van der Waals surface area contributed by atoms with Gasteiger partial charge in [-0.05, 0) is 18.6 Å². The number of nitrogens with one attached hydrogen (secondary N) is 1. The highest BCUT2D eigenvalue weighted by Gasteiger charge is 2.16. The number of nitrogens with zero attached hydrogens (tertiary/aromatic N) is 1. The maximum atomic E-state index is 11.2. The molecule has 0 saturated carbocycles. The van der Waals surface area contributed by atoms with Crippen LogP contribution in [0.3, 0.4) is 0 Å². The Hall–Kier alpha value is -0.910. The molecule has 1 fully saturated rings. The molecule has 1 rings (SSSR count). The van der Waals surface area contributed by atoms with E-state index in [9.17, 15) is 4.79 Å². The van der Waals surface area contributed by atoms with Crippen molar-refractivity contribution in [2.45, 2.75) is 24.5 Å². The van der Waals surface area contributed by atoms with Gasteiger partial charge in [0.25, 0.3) is 0 Å². The smallest absolute Gasteiger partial charge is 0.227 e. The number of hydrogen-bond donors (Lipinski definition) is 3. The molecular weight excluding hydrogens is 202 g/mol. The number of carbonyl (C=O) groups is 1. The Balaban J connectivity index is 2.14. The second-order valence-electron chi connectivity index (χ2n) is 3.21. The van der Waals surface area contributed by atoms with Gasteiger partial charge in [0, 0.05) is 11.8 Å². The summed E-state index contributed by atoms with van der Waals surface area (Å²) in [6, 6.07) is 0. The fraction of sp³-hybridized carbons (Fsp3) is 0.750. The first-order valence-electron chi connectivity index (χ1n) is 4.57. The van der Waals surface area contributed by atoms with Gasteiger partial charge in [0.05, 0.1) is 6.42 Å². The van der Waals surface area contributed by atoms with Gasteiger partial charge < -0.3 is 16.3 Å². The minimum atomic E-state index is -0.187. The average Bonchev–Trinajstić information content (AvgIpc) is 2.67. The zero-order valence-corrected chi connectivity index (χ0v) is 8.72. The van der Waals surface area contributed by atoms with Crippen LogP contribution in [0.1, 0.15) is 19.3 Å². The molecule has 5 nitrogen and oxygen atoms in total. The number of amidine groups is 1. The van der Waals surface area contributed by atoms with Gasteiger partial charge in [-0.3, -0.25) is 4.79 Å². The zero-order chi connectivity index (χ0) is 10.4. The highest BCUT2D eigenvalue weighted by molar-refractivity contribution is 8.00. The van der Waals surface area contributed by atoms with Crippen molar-refractivity contribution in [1.29, 1.82) is 0 Å². The zero-order valence-electron chi connectivity index (χ0n) is 7.90. The number of hydrogen-bond acceptors (Lipinski definition) is 4. The van der Waals surface area contributed by atoms with Crippen LogP contribution in [-0.2, 0) is 4.79 Å². The van der Waals surface area contributed by atoms with Crippen molar-refractivity contribution in [3.05, 3.63) is 0 Å². The van der Waals surface area contributed by atoms with Crippen molar-refractivity contribution >= 4 is 23.5 Å². The summed E-state index contributed by atoms with van der Waals surface area (Å²) in [5.74, 6) is 0.940. The van der Waals surface area contributed by atoms with E-state index in [1.165, 1.54) is 12.2 Å². The molecule has 0 bridgehead atoms. The van der Waals surface area contributed by atoms with Gasteiger partial charge in [-0.25, -0.2) is 0 Å². The molecule has 80 valence electrons. The lowest BCUT2D eigenvalue weighted by molar-refractivity contribution is -0.119. The van der Waals surface area contributed by atoms with Crippen LogP contribution in [0, 0.1) is 0 Å². The molecule has 1 heterocycles. The highest BCUT2D eigenvalue weighted by Crippen LogP contribution is 2.25. The van der Waals surface area contributed by atoms with Gasteiger partial charge in [0.2, 0.25) is 5.91 Å². The van der Waals surface area contributed by atoms with Crippen LogP contribution in [0.2, 0.25) is 0 Å². The van der Waals surface area contributed by atoms with Gasteiger partial charge >= 0.3 is 0 Å². The monoisotopic (exact) mass is 217 g/mol. The van der Waals surface area contributed by atoms with Crippen LogP contribution in [-0.4, -0.2) is 34.5 Å². The molecule has 0 aromatic heterocycles. The topological polar surface area (TPSA) is 87.7 Å². The summed E-state index contributed by atoms with van der Waals surface area (Å²) in [4.78, 5) is 11.2. The van der Waals surface area contributed by atoms with E-state index >= 15 is 0 Å². The maximum Gasteiger partial charge on any atom is 0.227 e. The lowest BCUT2D eigenvalue weighted by Gasteiger charge is -2.09. The second kappa shape index (κ2) is 5.74. The van der Waals surface area contributed by atoms with Crippen molar-refractivity contribution in [2.75, 3.05) is 12.3 Å². The van der Waals surface area contributed by atoms with Crippen LogP contribution in [0.4, 0.5) is 0 Å². The Morgan fingerprint density at radius 2 is 2.50 bits per heavy atom. The van der Waals surface area contributed by atoms with Crippen LogP contribution in [0.5, 0.6) is 0 Å². The van der Waals surface area contributed by atoms with E-state index in [0.29, 0.717) is 11.8 Å². The summed E-state index contributed by atoms with van der Waals surface area (Å²) in [5.41, 5.74) is 5.19. The standard InChI is InChI=1S/C8H15N3O2S/c9-7(11-13)4-8(12)10-5-6-2-1-3-14-6/h6,13H,1-5H2,(H2,9,11)(H,10,12). The molecule has 6 heteroatoms. The molecule has 0 aromatic carbocycles. The van der Waals surface area contributed by atoms with Crippen molar-refractivity contribution in [3.8, 4) is 0 Å². The van der Waals surface area contributed by atoms with Crippen LogP contribution < -0.4 is 11.1 Å². The number of rotatable bonds is 4. The Bertz CT molecular complexity index is 227. The second-order valence-corrected chi connectivity index (χ2v) is 4.62. The Labute approximate surface area is 87.1 Å². The largest absolute Gasteiger partial charge is 0.409 e. The molecule has 4 N–H and O–H groups in total. The minimum Gasteiger partial charge on any atom is -0.409 e. The molecule has 0 aromatic rings. The van der Waals surface area contributed by atoms with E-state index in [1.54, 1.807) is 0 Å². The summed E-state index contributed by atoms with van der Waals surface area (Å²) in [6.45, 7) is 0.683. The Morgan fingerprint density at radius 3 is 3.07 bits per heavy atom. The number of amides is 1. The number of carbonyl (C=O) groups excluding carboxylic acids is 1. The van der Waals surface area contributed by atoms with Crippen LogP contribution in [0.15, 0.2) is 5.16 Å². The van der Waals surface area contributed by atoms with Crippen molar-refractivity contribution in [3.63, 3.8) is 0 Å². The summed E-state index contributed by atoms with van der Waals surface area (Å²) in [5, 5.41) is 14.3. The molecule has 14 heavy (non-hydrogen) atoms. The first kappa shape index (κ1) is 11.2. The SMILES string of the molecule is NC(CC(=O)NCC1CCCS1)=NO. The molecule has 1 atom stereocenters. The van der Waals surface area contributed by atoms with E-state index in [0.717, 1.165) is 6.42 Å². The predicted octanol–water partition coefficient (Wildman–Crippen LogP) is 0.135. The fourth-order valence-electron chi connectivity index (χ4n) is 1.30. The van der Waals surface area contributed by atoms with E-state index in [-0.39, 0.29) is 18.2 Å². The molecule has 1 aliphatic rings. The Morgan fingerprint density at radius 1 is 1.71 bits per heavy atom. The van der Waals surface area contributed by atoms with Gasteiger partial charge in [0.15, 0.2) is 0 Å². The van der Waals surface area contributed by atoms with Gasteiger partial charge in [-0.1, -0.05) is 5.16 Å². The first-order chi connectivity index (χ1) is 6.72. The lowest BCUT2D eigenvalue weighted by atomic mass is 10.2. The molecule has 0 aliphatic carbocycles. The number of oxime groups is 1. The van der Waals surface area contributed by atoms with Gasteiger partial charge in [-0.2, -0.15) is 11.8 Å². The third-order valence-electron chi connectivity index (χ3n) is 2.02. The highest BCUT2D eigenvalue weighted by atomic mass is 32.2. The summed E-state index contributed by atoms with van der Waals surface area (Å²) >= 11 is 1.88. The molecule has 1 saturated heterocycles. The van der Waals surface area contributed by atoms with Crippen LogP contribution in [0.25, 0.3) is 0 Å². The molecule has 1 aliphatic heterocycles. The van der Waals surface area contributed by atoms with E-state index in [1.807, 2.05) is 11.8 Å². The van der Waals surface area contributed by atoms with E-state index in [4.69, 9.17) is 10.9 Å². The normalized spacial score (nSPS) is 22.3. The van der Waals surface area contributed by atoms with Crippen molar-refractivity contribution in [1.82, 2.24) is 5.32 Å². The molecular formula is C8H15N3O2S. The van der Waals surface area contributed by atoms with Crippen LogP contribution >= 0.6 is 11.8 Å². The maximum absolute atomic E-state index is 11.2. The molecule has 0 spiro atoms. The molecule has 1 amide bonds. The average molecular weight is 217 g/mol. The number of nitrogens with two attached hydrogens (primary N) is 1. The minimum absolute atomic E-state index is 0.0338. The third kappa shape index (κ3) is 3.87. The summed E-state index contributed by atoms with van der Waals surface area (Å²) in [6.07, 6.45) is 2.36. The third-order valence-corrected chi connectivity index (χ3v) is 3.42. The quantitative estimate of drug-likeness (QED) is 0.270. The Kier molecular flexibility index (Phi) is 4.58. The fourth-order valence-corrected chi connectivity index (χ4v) is 2.50. The van der Waals surface area contributed by atoms with Gasteiger partial charge in [-0.15, -0.1) is 0 Å². The van der Waals surface area contributed by atoms with Crippen molar-refractivity contribution in [2.24, 2.45) is 10.9 Å². The van der Waals surface area contributed by atoms with E-state index < -0.39 is 0 Å².